The number of piperazine rings is 1. The minimum absolute atomic E-state index is 0.154. The van der Waals surface area contributed by atoms with Crippen molar-refractivity contribution in [2.75, 3.05) is 31.1 Å². The van der Waals surface area contributed by atoms with Crippen molar-refractivity contribution in [1.82, 2.24) is 25.1 Å². The van der Waals surface area contributed by atoms with Crippen LogP contribution in [0.15, 0.2) is 54.6 Å². The first-order chi connectivity index (χ1) is 13.8. The molecule has 0 aliphatic carbocycles. The van der Waals surface area contributed by atoms with Crippen LogP contribution in [0.5, 0.6) is 0 Å². The van der Waals surface area contributed by atoms with Gasteiger partial charge in [-0.25, -0.2) is 9.07 Å². The Labute approximate surface area is 164 Å². The van der Waals surface area contributed by atoms with Gasteiger partial charge in [0.15, 0.2) is 5.82 Å². The second-order valence-electron chi connectivity index (χ2n) is 7.08. The molecule has 3 aromatic rings. The number of aromatic nitrogens is 4. The van der Waals surface area contributed by atoms with Crippen LogP contribution >= 0.6 is 0 Å². The smallest absolute Gasteiger partial charge is 0.168 e. The van der Waals surface area contributed by atoms with Gasteiger partial charge in [0.2, 0.25) is 0 Å². The minimum Gasteiger partial charge on any atom is -0.367 e. The van der Waals surface area contributed by atoms with E-state index in [4.69, 9.17) is 0 Å². The Morgan fingerprint density at radius 1 is 0.964 bits per heavy atom. The number of anilines is 1. The van der Waals surface area contributed by atoms with E-state index in [0.717, 1.165) is 38.4 Å². The number of hydrogen-bond donors (Lipinski definition) is 0. The highest BCUT2D eigenvalue weighted by Gasteiger charge is 2.28. The summed E-state index contributed by atoms with van der Waals surface area (Å²) in [5.41, 5.74) is 1.86. The largest absolute Gasteiger partial charge is 0.367 e. The second kappa shape index (κ2) is 8.48. The molecule has 1 aliphatic rings. The molecule has 0 radical (unpaired) electrons. The molecular formula is C21H25FN6. The Kier molecular flexibility index (Phi) is 5.62. The highest BCUT2D eigenvalue weighted by Crippen LogP contribution is 2.26. The molecule has 1 fully saturated rings. The molecule has 2 aromatic carbocycles. The molecule has 1 atom stereocenters. The van der Waals surface area contributed by atoms with Crippen LogP contribution in [-0.2, 0) is 6.54 Å². The summed E-state index contributed by atoms with van der Waals surface area (Å²) in [7, 11) is 0. The minimum atomic E-state index is -0.158. The monoisotopic (exact) mass is 380 g/mol. The molecule has 1 unspecified atom stereocenters. The SMILES string of the molecule is CCC(c1nnnn1Cc1ccccc1)N1CCN(c2ccccc2F)CC1. The van der Waals surface area contributed by atoms with Crippen molar-refractivity contribution >= 4 is 5.69 Å². The third-order valence-electron chi connectivity index (χ3n) is 5.37. The normalized spacial score (nSPS) is 16.3. The molecule has 0 amide bonds. The van der Waals surface area contributed by atoms with Crippen LogP contribution in [0.25, 0.3) is 0 Å². The standard InChI is InChI=1S/C21H25FN6/c1-2-19(21-23-24-25-28(21)16-17-8-4-3-5-9-17)26-12-14-27(15-13-26)20-11-7-6-10-18(20)22/h3-11,19H,2,12-16H2,1H3. The maximum atomic E-state index is 14.1. The van der Waals surface area contributed by atoms with E-state index in [-0.39, 0.29) is 11.9 Å². The number of tetrazole rings is 1. The summed E-state index contributed by atoms with van der Waals surface area (Å²) in [5.74, 6) is 0.737. The maximum Gasteiger partial charge on any atom is 0.168 e. The molecule has 146 valence electrons. The van der Waals surface area contributed by atoms with Crippen molar-refractivity contribution in [2.45, 2.75) is 25.9 Å². The van der Waals surface area contributed by atoms with Crippen LogP contribution in [0.2, 0.25) is 0 Å². The van der Waals surface area contributed by atoms with E-state index in [1.54, 1.807) is 6.07 Å². The summed E-state index contributed by atoms with van der Waals surface area (Å²) >= 11 is 0. The highest BCUT2D eigenvalue weighted by atomic mass is 19.1. The van der Waals surface area contributed by atoms with Crippen molar-refractivity contribution in [1.29, 1.82) is 0 Å². The summed E-state index contributed by atoms with van der Waals surface area (Å²) in [5, 5.41) is 12.5. The number of rotatable bonds is 6. The summed E-state index contributed by atoms with van der Waals surface area (Å²) < 4.78 is 16.0. The lowest BCUT2D eigenvalue weighted by Crippen LogP contribution is -2.48. The van der Waals surface area contributed by atoms with E-state index < -0.39 is 0 Å². The number of halogens is 1. The fourth-order valence-corrected chi connectivity index (χ4v) is 3.91. The summed E-state index contributed by atoms with van der Waals surface area (Å²) in [6.07, 6.45) is 0.925. The van der Waals surface area contributed by atoms with E-state index in [1.165, 1.54) is 11.6 Å². The predicted octanol–water partition coefficient (Wildman–Crippen LogP) is 3.13. The third-order valence-corrected chi connectivity index (χ3v) is 5.37. The molecular weight excluding hydrogens is 355 g/mol. The first-order valence-electron chi connectivity index (χ1n) is 9.79. The van der Waals surface area contributed by atoms with Gasteiger partial charge in [-0.1, -0.05) is 49.4 Å². The Hall–Kier alpha value is -2.80. The van der Waals surface area contributed by atoms with E-state index >= 15 is 0 Å². The van der Waals surface area contributed by atoms with E-state index in [2.05, 4.69) is 44.4 Å². The highest BCUT2D eigenvalue weighted by molar-refractivity contribution is 5.48. The fourth-order valence-electron chi connectivity index (χ4n) is 3.91. The van der Waals surface area contributed by atoms with Crippen molar-refractivity contribution in [3.8, 4) is 0 Å². The summed E-state index contributed by atoms with van der Waals surface area (Å²) in [6, 6.07) is 17.4. The molecule has 6 nitrogen and oxygen atoms in total. The molecule has 0 spiro atoms. The molecule has 0 bridgehead atoms. The first kappa shape index (κ1) is 18.6. The summed E-state index contributed by atoms with van der Waals surface area (Å²) in [4.78, 5) is 4.52. The van der Waals surface area contributed by atoms with Gasteiger partial charge >= 0.3 is 0 Å². The second-order valence-corrected chi connectivity index (χ2v) is 7.08. The Morgan fingerprint density at radius 2 is 1.68 bits per heavy atom. The Balaban J connectivity index is 1.46. The van der Waals surface area contributed by atoms with Gasteiger partial charge in [-0.15, -0.1) is 5.10 Å². The molecule has 28 heavy (non-hydrogen) atoms. The zero-order valence-corrected chi connectivity index (χ0v) is 16.1. The average Bonchev–Trinajstić information content (AvgIpc) is 3.18. The van der Waals surface area contributed by atoms with Gasteiger partial charge in [0.1, 0.15) is 5.82 Å². The number of hydrogen-bond acceptors (Lipinski definition) is 5. The number of para-hydroxylation sites is 1. The molecule has 1 aliphatic heterocycles. The van der Waals surface area contributed by atoms with E-state index in [1.807, 2.05) is 35.0 Å². The van der Waals surface area contributed by atoms with Crippen LogP contribution in [-0.4, -0.2) is 51.3 Å². The van der Waals surface area contributed by atoms with Crippen molar-refractivity contribution in [3.05, 3.63) is 71.8 Å². The van der Waals surface area contributed by atoms with E-state index in [0.29, 0.717) is 12.2 Å². The van der Waals surface area contributed by atoms with Crippen LogP contribution in [0.1, 0.15) is 30.8 Å². The first-order valence-corrected chi connectivity index (χ1v) is 9.79. The van der Waals surface area contributed by atoms with Crippen LogP contribution in [0.3, 0.4) is 0 Å². The molecule has 2 heterocycles. The third kappa shape index (κ3) is 3.89. The number of benzene rings is 2. The zero-order chi connectivity index (χ0) is 19.3. The molecule has 0 saturated carbocycles. The van der Waals surface area contributed by atoms with Crippen LogP contribution < -0.4 is 4.90 Å². The van der Waals surface area contributed by atoms with Crippen molar-refractivity contribution in [3.63, 3.8) is 0 Å². The Morgan fingerprint density at radius 3 is 2.39 bits per heavy atom. The van der Waals surface area contributed by atoms with Gasteiger partial charge in [0.05, 0.1) is 18.3 Å². The topological polar surface area (TPSA) is 50.1 Å². The van der Waals surface area contributed by atoms with Gasteiger partial charge in [-0.3, -0.25) is 4.90 Å². The quantitative estimate of drug-likeness (QED) is 0.658. The maximum absolute atomic E-state index is 14.1. The van der Waals surface area contributed by atoms with Gasteiger partial charge in [0, 0.05) is 26.2 Å². The number of nitrogens with zero attached hydrogens (tertiary/aromatic N) is 6. The lowest BCUT2D eigenvalue weighted by molar-refractivity contribution is 0.169. The lowest BCUT2D eigenvalue weighted by Gasteiger charge is -2.39. The van der Waals surface area contributed by atoms with Crippen LogP contribution in [0, 0.1) is 5.82 Å². The van der Waals surface area contributed by atoms with Crippen LogP contribution in [0.4, 0.5) is 10.1 Å². The van der Waals surface area contributed by atoms with Crippen molar-refractivity contribution < 1.29 is 4.39 Å². The van der Waals surface area contributed by atoms with Crippen molar-refractivity contribution in [2.24, 2.45) is 0 Å². The zero-order valence-electron chi connectivity index (χ0n) is 16.1. The summed E-state index contributed by atoms with van der Waals surface area (Å²) in [6.45, 7) is 6.11. The van der Waals surface area contributed by atoms with Gasteiger partial charge in [0.25, 0.3) is 0 Å². The molecule has 0 N–H and O–H groups in total. The fraction of sp³-hybridized carbons (Fsp3) is 0.381. The molecule has 7 heteroatoms. The predicted molar refractivity (Wildman–Crippen MR) is 107 cm³/mol. The van der Waals surface area contributed by atoms with Gasteiger partial charge < -0.3 is 4.90 Å². The molecule has 1 saturated heterocycles. The Bertz CT molecular complexity index is 889. The molecule has 4 rings (SSSR count). The molecule has 1 aromatic heterocycles. The van der Waals surface area contributed by atoms with Gasteiger partial charge in [-0.05, 0) is 34.5 Å². The van der Waals surface area contributed by atoms with Gasteiger partial charge in [-0.2, -0.15) is 0 Å². The average molecular weight is 380 g/mol. The van der Waals surface area contributed by atoms with E-state index in [9.17, 15) is 4.39 Å². The lowest BCUT2D eigenvalue weighted by atomic mass is 10.1.